The van der Waals surface area contributed by atoms with Crippen LogP contribution in [0.4, 0.5) is 17.6 Å². The van der Waals surface area contributed by atoms with Gasteiger partial charge in [-0.2, -0.15) is 9.97 Å². The highest BCUT2D eigenvalue weighted by atomic mass is 15.3. The summed E-state index contributed by atoms with van der Waals surface area (Å²) in [6.45, 7) is 3.63. The van der Waals surface area contributed by atoms with Gasteiger partial charge in [0.05, 0.1) is 5.56 Å². The van der Waals surface area contributed by atoms with Crippen molar-refractivity contribution in [1.29, 1.82) is 0 Å². The molecular weight excluding hydrogens is 252 g/mol. The molecule has 0 amide bonds. The molecule has 6 nitrogen and oxygen atoms in total. The van der Waals surface area contributed by atoms with Crippen LogP contribution in [-0.4, -0.2) is 36.1 Å². The SMILES string of the molecule is Nc1nc(N)c(-c2ccccc2)c(N2CCNCC2)n1. The first-order valence-electron chi connectivity index (χ1n) is 6.70. The summed E-state index contributed by atoms with van der Waals surface area (Å²) in [7, 11) is 0. The van der Waals surface area contributed by atoms with Crippen molar-refractivity contribution < 1.29 is 0 Å². The molecule has 1 saturated heterocycles. The lowest BCUT2D eigenvalue weighted by Crippen LogP contribution is -2.44. The zero-order chi connectivity index (χ0) is 13.9. The Hall–Kier alpha value is -2.34. The standard InChI is InChI=1S/C14H18N6/c15-12-11(10-4-2-1-3-5-10)13(19-14(16)18-12)20-8-6-17-7-9-20/h1-5,17H,6-9H2,(H4,15,16,18,19). The normalized spacial score (nSPS) is 15.3. The monoisotopic (exact) mass is 270 g/mol. The Morgan fingerprint density at radius 3 is 2.40 bits per heavy atom. The number of aromatic nitrogens is 2. The average Bonchev–Trinajstić information content (AvgIpc) is 2.48. The quantitative estimate of drug-likeness (QED) is 0.744. The van der Waals surface area contributed by atoms with E-state index in [0.717, 1.165) is 43.1 Å². The van der Waals surface area contributed by atoms with E-state index < -0.39 is 0 Å². The molecular formula is C14H18N6. The average molecular weight is 270 g/mol. The largest absolute Gasteiger partial charge is 0.383 e. The van der Waals surface area contributed by atoms with Crippen LogP contribution in [-0.2, 0) is 0 Å². The molecule has 1 aromatic carbocycles. The molecule has 20 heavy (non-hydrogen) atoms. The maximum atomic E-state index is 6.09. The number of nitrogen functional groups attached to an aromatic ring is 2. The molecule has 0 spiro atoms. The molecule has 0 radical (unpaired) electrons. The van der Waals surface area contributed by atoms with E-state index in [1.807, 2.05) is 30.3 Å². The molecule has 0 bridgehead atoms. The summed E-state index contributed by atoms with van der Waals surface area (Å²) < 4.78 is 0. The van der Waals surface area contributed by atoms with E-state index in [4.69, 9.17) is 11.5 Å². The van der Waals surface area contributed by atoms with Crippen LogP contribution in [0.5, 0.6) is 0 Å². The fraction of sp³-hybridized carbons (Fsp3) is 0.286. The minimum Gasteiger partial charge on any atom is -0.383 e. The van der Waals surface area contributed by atoms with Gasteiger partial charge in [-0.1, -0.05) is 30.3 Å². The molecule has 3 rings (SSSR count). The number of nitrogens with zero attached hydrogens (tertiary/aromatic N) is 3. The van der Waals surface area contributed by atoms with Crippen LogP contribution in [0.3, 0.4) is 0 Å². The van der Waals surface area contributed by atoms with Crippen LogP contribution < -0.4 is 21.7 Å². The molecule has 0 unspecified atom stereocenters. The summed E-state index contributed by atoms with van der Waals surface area (Å²) in [6.07, 6.45) is 0. The summed E-state index contributed by atoms with van der Waals surface area (Å²) in [5.74, 6) is 1.47. The zero-order valence-corrected chi connectivity index (χ0v) is 11.2. The molecule has 1 aromatic heterocycles. The van der Waals surface area contributed by atoms with Gasteiger partial charge in [-0.05, 0) is 5.56 Å². The van der Waals surface area contributed by atoms with Crippen molar-refractivity contribution in [2.45, 2.75) is 0 Å². The maximum Gasteiger partial charge on any atom is 0.223 e. The lowest BCUT2D eigenvalue weighted by molar-refractivity contribution is 0.585. The Kier molecular flexibility index (Phi) is 3.39. The highest BCUT2D eigenvalue weighted by Crippen LogP contribution is 2.33. The second-order valence-electron chi connectivity index (χ2n) is 4.77. The van der Waals surface area contributed by atoms with Gasteiger partial charge >= 0.3 is 0 Å². The van der Waals surface area contributed by atoms with Gasteiger partial charge in [0.25, 0.3) is 0 Å². The van der Waals surface area contributed by atoms with E-state index in [2.05, 4.69) is 20.2 Å². The first kappa shape index (κ1) is 12.7. The van der Waals surface area contributed by atoms with E-state index in [-0.39, 0.29) is 5.95 Å². The molecule has 0 saturated carbocycles. The Morgan fingerprint density at radius 1 is 1.00 bits per heavy atom. The molecule has 2 aromatic rings. The van der Waals surface area contributed by atoms with Crippen molar-refractivity contribution in [2.75, 3.05) is 42.5 Å². The first-order valence-corrected chi connectivity index (χ1v) is 6.70. The van der Waals surface area contributed by atoms with Crippen molar-refractivity contribution in [1.82, 2.24) is 15.3 Å². The van der Waals surface area contributed by atoms with E-state index in [1.165, 1.54) is 0 Å². The third-order valence-corrected chi connectivity index (χ3v) is 3.41. The van der Waals surface area contributed by atoms with Gasteiger partial charge in [0.15, 0.2) is 0 Å². The van der Waals surface area contributed by atoms with E-state index >= 15 is 0 Å². The van der Waals surface area contributed by atoms with Gasteiger partial charge in [0.2, 0.25) is 5.95 Å². The van der Waals surface area contributed by atoms with Crippen LogP contribution in [0, 0.1) is 0 Å². The third-order valence-electron chi connectivity index (χ3n) is 3.41. The number of hydrogen-bond donors (Lipinski definition) is 3. The Morgan fingerprint density at radius 2 is 1.70 bits per heavy atom. The Bertz CT molecular complexity index is 592. The number of benzene rings is 1. The lowest BCUT2D eigenvalue weighted by Gasteiger charge is -2.30. The highest BCUT2D eigenvalue weighted by Gasteiger charge is 2.20. The maximum absolute atomic E-state index is 6.09. The summed E-state index contributed by atoms with van der Waals surface area (Å²) in [5.41, 5.74) is 13.7. The Balaban J connectivity index is 2.12. The second-order valence-corrected chi connectivity index (χ2v) is 4.77. The molecule has 0 aliphatic carbocycles. The fourth-order valence-electron chi connectivity index (χ4n) is 2.47. The van der Waals surface area contributed by atoms with Crippen molar-refractivity contribution in [3.8, 4) is 11.1 Å². The van der Waals surface area contributed by atoms with E-state index in [9.17, 15) is 0 Å². The van der Waals surface area contributed by atoms with Crippen molar-refractivity contribution >= 4 is 17.6 Å². The topological polar surface area (TPSA) is 93.1 Å². The number of hydrogen-bond acceptors (Lipinski definition) is 6. The molecule has 2 heterocycles. The Labute approximate surface area is 117 Å². The van der Waals surface area contributed by atoms with Gasteiger partial charge in [0, 0.05) is 26.2 Å². The van der Waals surface area contributed by atoms with Gasteiger partial charge in [-0.3, -0.25) is 0 Å². The predicted molar refractivity (Wildman–Crippen MR) is 81.4 cm³/mol. The molecule has 1 aliphatic rings. The molecule has 0 atom stereocenters. The van der Waals surface area contributed by atoms with Gasteiger partial charge in [-0.15, -0.1) is 0 Å². The molecule has 6 heteroatoms. The lowest BCUT2D eigenvalue weighted by atomic mass is 10.1. The van der Waals surface area contributed by atoms with Gasteiger partial charge in [-0.25, -0.2) is 0 Å². The van der Waals surface area contributed by atoms with Crippen LogP contribution in [0.2, 0.25) is 0 Å². The summed E-state index contributed by atoms with van der Waals surface area (Å²) in [4.78, 5) is 10.7. The molecule has 104 valence electrons. The van der Waals surface area contributed by atoms with Crippen molar-refractivity contribution in [3.05, 3.63) is 30.3 Å². The van der Waals surface area contributed by atoms with Crippen LogP contribution in [0.15, 0.2) is 30.3 Å². The third kappa shape index (κ3) is 2.37. The van der Waals surface area contributed by atoms with Crippen molar-refractivity contribution in [3.63, 3.8) is 0 Å². The van der Waals surface area contributed by atoms with Crippen LogP contribution in [0.25, 0.3) is 11.1 Å². The number of nitrogens with one attached hydrogen (secondary N) is 1. The second kappa shape index (κ2) is 5.34. The molecule has 5 N–H and O–H groups in total. The number of nitrogens with two attached hydrogens (primary N) is 2. The predicted octanol–water partition coefficient (Wildman–Crippen LogP) is 0.718. The van der Waals surface area contributed by atoms with Crippen LogP contribution >= 0.6 is 0 Å². The number of anilines is 3. The van der Waals surface area contributed by atoms with Gasteiger partial charge in [0.1, 0.15) is 11.6 Å². The zero-order valence-electron chi connectivity index (χ0n) is 11.2. The minimum absolute atomic E-state index is 0.218. The van der Waals surface area contributed by atoms with Crippen molar-refractivity contribution in [2.24, 2.45) is 0 Å². The van der Waals surface area contributed by atoms with Gasteiger partial charge < -0.3 is 21.7 Å². The number of piperazine rings is 1. The number of rotatable bonds is 2. The molecule has 1 fully saturated rings. The first-order chi connectivity index (χ1) is 9.75. The molecule has 1 aliphatic heterocycles. The van der Waals surface area contributed by atoms with Crippen LogP contribution in [0.1, 0.15) is 0 Å². The minimum atomic E-state index is 0.218. The highest BCUT2D eigenvalue weighted by molar-refractivity contribution is 5.85. The van der Waals surface area contributed by atoms with E-state index in [1.54, 1.807) is 0 Å². The summed E-state index contributed by atoms with van der Waals surface area (Å²) >= 11 is 0. The smallest absolute Gasteiger partial charge is 0.223 e. The summed E-state index contributed by atoms with van der Waals surface area (Å²) in [6, 6.07) is 9.95. The summed E-state index contributed by atoms with van der Waals surface area (Å²) in [5, 5.41) is 3.33. The van der Waals surface area contributed by atoms with E-state index in [0.29, 0.717) is 5.82 Å². The fourth-order valence-corrected chi connectivity index (χ4v) is 2.47.